The number of amides is 6. The highest BCUT2D eigenvalue weighted by molar-refractivity contribution is 5.99. The molecule has 0 aliphatic carbocycles. The summed E-state index contributed by atoms with van der Waals surface area (Å²) in [6, 6.07) is 14.1. The monoisotopic (exact) mass is 706 g/mol. The number of ether oxygens (including phenoxy) is 1. The van der Waals surface area contributed by atoms with Gasteiger partial charge in [0.25, 0.3) is 5.91 Å². The Labute approximate surface area is 300 Å². The maximum Gasteiger partial charge on any atom is 0.407 e. The highest BCUT2D eigenvalue weighted by atomic mass is 16.6. The molecule has 6 amide bonds. The lowest BCUT2D eigenvalue weighted by Crippen LogP contribution is -2.58. The molecule has 0 bridgehead atoms. The van der Waals surface area contributed by atoms with Crippen molar-refractivity contribution < 1.29 is 33.5 Å². The van der Waals surface area contributed by atoms with E-state index in [1.54, 1.807) is 51.1 Å². The van der Waals surface area contributed by atoms with Crippen LogP contribution >= 0.6 is 0 Å². The second-order valence-corrected chi connectivity index (χ2v) is 14.4. The Morgan fingerprint density at radius 3 is 2.12 bits per heavy atom. The number of nitrogens with zero attached hydrogens (tertiary/aromatic N) is 1. The van der Waals surface area contributed by atoms with Crippen LogP contribution in [0.15, 0.2) is 60.7 Å². The first-order valence-corrected chi connectivity index (χ1v) is 17.7. The van der Waals surface area contributed by atoms with Crippen LogP contribution in [0.3, 0.4) is 0 Å². The smallest absolute Gasteiger partial charge is 0.407 e. The molecular formula is C38H54N6O7. The standard InChI is InChI=1S/C38H54N6O7/c1-25(2)23-30(43-34(47)29(24-26-15-8-6-9-16-26)42-33(46)27-17-10-7-11-18-27)36(49)44-22-14-20-31(44)35(48)41-28(32(39)45)19-12-13-21-40-37(50)51-38(3,4)5/h6-11,15-18,25,28-31H,12-14,19-24H2,1-5H3,(H2,39,45)(H,40,50)(H,41,48)(H,42,46)(H,43,47)/t28-,29-,30-,31-/m0/s1. The summed E-state index contributed by atoms with van der Waals surface area (Å²) in [4.78, 5) is 80.1. The van der Waals surface area contributed by atoms with E-state index in [1.165, 1.54) is 4.90 Å². The summed E-state index contributed by atoms with van der Waals surface area (Å²) in [5, 5.41) is 11.1. The summed E-state index contributed by atoms with van der Waals surface area (Å²) in [6.45, 7) is 9.79. The Bertz CT molecular complexity index is 1480. The second-order valence-electron chi connectivity index (χ2n) is 14.4. The molecule has 278 valence electrons. The van der Waals surface area contributed by atoms with Gasteiger partial charge in [-0.25, -0.2) is 4.79 Å². The zero-order chi connectivity index (χ0) is 37.6. The number of primary amides is 1. The van der Waals surface area contributed by atoms with Crippen molar-refractivity contribution in [1.29, 1.82) is 0 Å². The first kappa shape index (κ1) is 40.5. The molecule has 0 radical (unpaired) electrons. The van der Waals surface area contributed by atoms with Gasteiger partial charge in [0.15, 0.2) is 0 Å². The Morgan fingerprint density at radius 2 is 1.51 bits per heavy atom. The van der Waals surface area contributed by atoms with Gasteiger partial charge in [-0.3, -0.25) is 24.0 Å². The molecule has 6 N–H and O–H groups in total. The Balaban J connectivity index is 1.67. The van der Waals surface area contributed by atoms with Crippen LogP contribution in [0.1, 0.15) is 89.1 Å². The van der Waals surface area contributed by atoms with Crippen LogP contribution in [0, 0.1) is 5.92 Å². The highest BCUT2D eigenvalue weighted by Crippen LogP contribution is 2.21. The van der Waals surface area contributed by atoms with E-state index in [0.29, 0.717) is 50.8 Å². The molecule has 1 saturated heterocycles. The van der Waals surface area contributed by atoms with Gasteiger partial charge in [0.2, 0.25) is 23.6 Å². The van der Waals surface area contributed by atoms with Gasteiger partial charge in [-0.2, -0.15) is 0 Å². The summed E-state index contributed by atoms with van der Waals surface area (Å²) in [7, 11) is 0. The Morgan fingerprint density at radius 1 is 0.863 bits per heavy atom. The van der Waals surface area contributed by atoms with Gasteiger partial charge >= 0.3 is 6.09 Å². The van der Waals surface area contributed by atoms with Crippen molar-refractivity contribution in [2.75, 3.05) is 13.1 Å². The van der Waals surface area contributed by atoms with Gasteiger partial charge in [0, 0.05) is 25.1 Å². The largest absolute Gasteiger partial charge is 0.444 e. The quantitative estimate of drug-likeness (QED) is 0.156. The van der Waals surface area contributed by atoms with Crippen molar-refractivity contribution in [2.24, 2.45) is 11.7 Å². The van der Waals surface area contributed by atoms with Crippen LogP contribution < -0.4 is 27.0 Å². The van der Waals surface area contributed by atoms with Crippen molar-refractivity contribution in [1.82, 2.24) is 26.2 Å². The van der Waals surface area contributed by atoms with Crippen molar-refractivity contribution >= 4 is 35.6 Å². The highest BCUT2D eigenvalue weighted by Gasteiger charge is 2.39. The van der Waals surface area contributed by atoms with Gasteiger partial charge in [-0.15, -0.1) is 0 Å². The lowest BCUT2D eigenvalue weighted by molar-refractivity contribution is -0.142. The molecule has 1 heterocycles. The number of alkyl carbamates (subject to hydrolysis) is 1. The number of rotatable bonds is 17. The van der Waals surface area contributed by atoms with Crippen LogP contribution in [0.25, 0.3) is 0 Å². The first-order chi connectivity index (χ1) is 24.1. The summed E-state index contributed by atoms with van der Waals surface area (Å²) in [5.41, 5.74) is 6.23. The molecule has 0 aromatic heterocycles. The number of hydrogen-bond donors (Lipinski definition) is 5. The Hall–Kier alpha value is -4.94. The summed E-state index contributed by atoms with van der Waals surface area (Å²) in [6.07, 6.45) is 2.19. The fourth-order valence-corrected chi connectivity index (χ4v) is 5.89. The van der Waals surface area contributed by atoms with Crippen LogP contribution in [-0.2, 0) is 30.3 Å². The molecule has 3 rings (SSSR count). The lowest BCUT2D eigenvalue weighted by Gasteiger charge is -2.31. The number of carbonyl (C=O) groups is 6. The van der Waals surface area contributed by atoms with Gasteiger partial charge in [-0.05, 0) is 82.9 Å². The summed E-state index contributed by atoms with van der Waals surface area (Å²) in [5.74, 6) is -2.53. The van der Waals surface area contributed by atoms with E-state index in [1.807, 2.05) is 44.2 Å². The van der Waals surface area contributed by atoms with Crippen molar-refractivity contribution in [3.05, 3.63) is 71.8 Å². The number of likely N-dealkylation sites (tertiary alicyclic amines) is 1. The fourth-order valence-electron chi connectivity index (χ4n) is 5.89. The number of benzene rings is 2. The third kappa shape index (κ3) is 13.7. The predicted molar refractivity (Wildman–Crippen MR) is 193 cm³/mol. The van der Waals surface area contributed by atoms with E-state index >= 15 is 0 Å². The molecule has 1 aliphatic rings. The molecular weight excluding hydrogens is 652 g/mol. The van der Waals surface area contributed by atoms with Gasteiger partial charge in [0.05, 0.1) is 0 Å². The fraction of sp³-hybridized carbons (Fsp3) is 0.526. The maximum absolute atomic E-state index is 14.1. The molecule has 0 unspecified atom stereocenters. The molecule has 1 aliphatic heterocycles. The van der Waals surface area contributed by atoms with E-state index < -0.39 is 65.4 Å². The molecule has 13 heteroatoms. The van der Waals surface area contributed by atoms with Gasteiger partial charge < -0.3 is 36.6 Å². The average Bonchev–Trinajstić information content (AvgIpc) is 3.56. The summed E-state index contributed by atoms with van der Waals surface area (Å²) < 4.78 is 5.22. The van der Waals surface area contributed by atoms with E-state index in [2.05, 4.69) is 21.3 Å². The van der Waals surface area contributed by atoms with Crippen LogP contribution in [0.2, 0.25) is 0 Å². The average molecular weight is 707 g/mol. The third-order valence-corrected chi connectivity index (χ3v) is 8.35. The number of unbranched alkanes of at least 4 members (excludes halogenated alkanes) is 1. The van der Waals surface area contributed by atoms with E-state index in [4.69, 9.17) is 10.5 Å². The van der Waals surface area contributed by atoms with E-state index in [0.717, 1.165) is 5.56 Å². The van der Waals surface area contributed by atoms with Crippen LogP contribution in [0.4, 0.5) is 4.79 Å². The molecule has 51 heavy (non-hydrogen) atoms. The second kappa shape index (κ2) is 19.5. The SMILES string of the molecule is CC(C)C[C@H](NC(=O)[C@H](Cc1ccccc1)NC(=O)c1ccccc1)C(=O)N1CCC[C@H]1C(=O)N[C@@H](CCCCNC(=O)OC(C)(C)C)C(N)=O. The first-order valence-electron chi connectivity index (χ1n) is 17.7. The normalized spacial score (nSPS) is 16.0. The van der Waals surface area contributed by atoms with Crippen molar-refractivity contribution in [2.45, 2.75) is 109 Å². The summed E-state index contributed by atoms with van der Waals surface area (Å²) >= 11 is 0. The molecule has 0 spiro atoms. The van der Waals surface area contributed by atoms with Crippen LogP contribution in [-0.4, -0.2) is 83.4 Å². The molecule has 2 aromatic rings. The number of nitrogens with two attached hydrogens (primary N) is 1. The molecule has 4 atom stereocenters. The van der Waals surface area contributed by atoms with Crippen LogP contribution in [0.5, 0.6) is 0 Å². The number of nitrogens with one attached hydrogen (secondary N) is 4. The molecule has 0 saturated carbocycles. The minimum atomic E-state index is -0.976. The zero-order valence-corrected chi connectivity index (χ0v) is 30.4. The Kier molecular flexibility index (Phi) is 15.4. The number of carbonyl (C=O) groups excluding carboxylic acids is 6. The molecule has 2 aromatic carbocycles. The minimum Gasteiger partial charge on any atom is -0.444 e. The maximum atomic E-state index is 14.1. The van der Waals surface area contributed by atoms with Gasteiger partial charge in [-0.1, -0.05) is 62.4 Å². The van der Waals surface area contributed by atoms with E-state index in [9.17, 15) is 28.8 Å². The van der Waals surface area contributed by atoms with Crippen molar-refractivity contribution in [3.63, 3.8) is 0 Å². The minimum absolute atomic E-state index is 0.0182. The van der Waals surface area contributed by atoms with Crippen molar-refractivity contribution in [3.8, 4) is 0 Å². The molecule has 13 nitrogen and oxygen atoms in total. The molecule has 1 fully saturated rings. The topological polar surface area (TPSA) is 189 Å². The lowest BCUT2D eigenvalue weighted by atomic mass is 10.00. The number of hydrogen-bond acceptors (Lipinski definition) is 7. The van der Waals surface area contributed by atoms with Gasteiger partial charge in [0.1, 0.15) is 29.8 Å². The predicted octanol–water partition coefficient (Wildman–Crippen LogP) is 3.21. The zero-order valence-electron chi connectivity index (χ0n) is 30.4. The third-order valence-electron chi connectivity index (χ3n) is 8.35. The van der Waals surface area contributed by atoms with E-state index in [-0.39, 0.29) is 18.8 Å².